The van der Waals surface area contributed by atoms with Crippen LogP contribution in [-0.4, -0.2) is 15.6 Å². The quantitative estimate of drug-likeness (QED) is 0.506. The van der Waals surface area contributed by atoms with Gasteiger partial charge in [0.1, 0.15) is 12.0 Å². The number of hydrogen-bond acceptors (Lipinski definition) is 4. The lowest BCUT2D eigenvalue weighted by Gasteiger charge is -1.93. The highest BCUT2D eigenvalue weighted by Crippen LogP contribution is 2.19. The summed E-state index contributed by atoms with van der Waals surface area (Å²) in [5.41, 5.74) is 0.224. The molecule has 0 aliphatic rings. The fraction of sp³-hybridized carbons (Fsp3) is 0.250. The minimum absolute atomic E-state index is 0.224. The van der Waals surface area contributed by atoms with Gasteiger partial charge in [-0.1, -0.05) is 0 Å². The Morgan fingerprint density at radius 3 is 2.90 bits per heavy atom. The SMILES string of the molecule is O=C(Cl)C(Cl)c1conn1. The monoisotopic (exact) mass is 180 g/mol. The first-order valence-electron chi connectivity index (χ1n) is 2.32. The normalized spacial score (nSPS) is 13.0. The van der Waals surface area contributed by atoms with Gasteiger partial charge in [0.2, 0.25) is 5.24 Å². The van der Waals surface area contributed by atoms with Gasteiger partial charge in [-0.2, -0.15) is 0 Å². The van der Waals surface area contributed by atoms with Crippen molar-refractivity contribution < 1.29 is 9.32 Å². The summed E-state index contributed by atoms with van der Waals surface area (Å²) in [7, 11) is 0. The Kier molecular flexibility index (Phi) is 2.24. The molecule has 0 aliphatic carbocycles. The molecule has 1 heterocycles. The van der Waals surface area contributed by atoms with Gasteiger partial charge in [0.25, 0.3) is 0 Å². The Morgan fingerprint density at radius 1 is 1.80 bits per heavy atom. The van der Waals surface area contributed by atoms with E-state index in [9.17, 15) is 4.79 Å². The van der Waals surface area contributed by atoms with Crippen molar-refractivity contribution in [3.63, 3.8) is 0 Å². The van der Waals surface area contributed by atoms with Crippen molar-refractivity contribution in [3.05, 3.63) is 12.0 Å². The van der Waals surface area contributed by atoms with Gasteiger partial charge in [0.05, 0.1) is 0 Å². The maximum atomic E-state index is 10.4. The van der Waals surface area contributed by atoms with Crippen LogP contribution in [0.5, 0.6) is 0 Å². The Morgan fingerprint density at radius 2 is 2.50 bits per heavy atom. The molecule has 1 aromatic heterocycles. The van der Waals surface area contributed by atoms with Crippen LogP contribution >= 0.6 is 23.2 Å². The van der Waals surface area contributed by atoms with Crippen LogP contribution in [0.15, 0.2) is 10.8 Å². The van der Waals surface area contributed by atoms with E-state index in [4.69, 9.17) is 23.2 Å². The fourth-order valence-electron chi connectivity index (χ4n) is 0.399. The third kappa shape index (κ3) is 1.46. The Bertz CT molecular complexity index is 223. The van der Waals surface area contributed by atoms with E-state index in [0.717, 1.165) is 6.26 Å². The number of nitrogens with zero attached hydrogens (tertiary/aromatic N) is 2. The van der Waals surface area contributed by atoms with E-state index < -0.39 is 10.6 Å². The molecule has 54 valence electrons. The van der Waals surface area contributed by atoms with Crippen LogP contribution in [0.1, 0.15) is 11.1 Å². The van der Waals surface area contributed by atoms with Crippen LogP contribution in [0.25, 0.3) is 0 Å². The molecule has 0 spiro atoms. The van der Waals surface area contributed by atoms with Crippen LogP contribution in [0.2, 0.25) is 0 Å². The van der Waals surface area contributed by atoms with Crippen LogP contribution in [0.3, 0.4) is 0 Å². The van der Waals surface area contributed by atoms with Crippen molar-refractivity contribution in [2.24, 2.45) is 0 Å². The molecule has 0 fully saturated rings. The maximum absolute atomic E-state index is 10.4. The second-order valence-electron chi connectivity index (χ2n) is 1.50. The van der Waals surface area contributed by atoms with Crippen LogP contribution in [0, 0.1) is 0 Å². The highest BCUT2D eigenvalue weighted by molar-refractivity contribution is 6.68. The van der Waals surface area contributed by atoms with Gasteiger partial charge in [-0.05, 0) is 11.6 Å². The van der Waals surface area contributed by atoms with Crippen LogP contribution < -0.4 is 0 Å². The van der Waals surface area contributed by atoms with Crippen molar-refractivity contribution in [2.45, 2.75) is 5.38 Å². The summed E-state index contributed by atoms with van der Waals surface area (Å²) in [6, 6.07) is 0. The lowest BCUT2D eigenvalue weighted by atomic mass is 10.4. The Labute approximate surface area is 66.1 Å². The predicted molar refractivity (Wildman–Crippen MR) is 33.8 cm³/mol. The molecule has 0 aromatic carbocycles. The summed E-state index contributed by atoms with van der Waals surface area (Å²) in [6.07, 6.45) is 1.16. The van der Waals surface area contributed by atoms with E-state index in [1.54, 1.807) is 0 Å². The van der Waals surface area contributed by atoms with Gasteiger partial charge in [-0.15, -0.1) is 16.7 Å². The molecule has 10 heavy (non-hydrogen) atoms. The van der Waals surface area contributed by atoms with E-state index >= 15 is 0 Å². The molecule has 0 saturated heterocycles. The zero-order chi connectivity index (χ0) is 7.56. The van der Waals surface area contributed by atoms with E-state index in [2.05, 4.69) is 14.9 Å². The minimum Gasteiger partial charge on any atom is -0.345 e. The molecule has 0 bridgehead atoms. The van der Waals surface area contributed by atoms with Crippen molar-refractivity contribution in [3.8, 4) is 0 Å². The van der Waals surface area contributed by atoms with Gasteiger partial charge >= 0.3 is 0 Å². The smallest absolute Gasteiger partial charge is 0.245 e. The summed E-state index contributed by atoms with van der Waals surface area (Å²) in [6.45, 7) is 0. The number of hydrogen-bond donors (Lipinski definition) is 0. The minimum atomic E-state index is -0.965. The zero-order valence-corrected chi connectivity index (χ0v) is 6.13. The van der Waals surface area contributed by atoms with Gasteiger partial charge in [-0.25, -0.2) is 0 Å². The third-order valence-corrected chi connectivity index (χ3v) is 1.59. The summed E-state index contributed by atoms with van der Waals surface area (Å²) >= 11 is 10.5. The molecular weight excluding hydrogens is 179 g/mol. The first-order chi connectivity index (χ1) is 4.72. The van der Waals surface area contributed by atoms with Crippen molar-refractivity contribution >= 4 is 28.4 Å². The molecule has 0 amide bonds. The van der Waals surface area contributed by atoms with Crippen molar-refractivity contribution in [1.29, 1.82) is 0 Å². The van der Waals surface area contributed by atoms with E-state index in [-0.39, 0.29) is 5.69 Å². The standard InChI is InChI=1S/C4H2Cl2N2O2/c5-3(4(6)9)2-1-10-8-7-2/h1,3H. The van der Waals surface area contributed by atoms with Crippen LogP contribution in [0.4, 0.5) is 0 Å². The highest BCUT2D eigenvalue weighted by atomic mass is 35.5. The average molecular weight is 181 g/mol. The molecule has 1 unspecified atom stereocenters. The summed E-state index contributed by atoms with van der Waals surface area (Å²) in [5, 5.41) is 4.83. The molecule has 0 aliphatic heterocycles. The number of rotatable bonds is 2. The number of aromatic nitrogens is 2. The fourth-order valence-corrected chi connectivity index (χ4v) is 0.605. The Balaban J connectivity index is 2.77. The lowest BCUT2D eigenvalue weighted by molar-refractivity contribution is -0.111. The molecule has 0 saturated carbocycles. The molecular formula is C4H2Cl2N2O2. The van der Waals surface area contributed by atoms with Crippen molar-refractivity contribution in [1.82, 2.24) is 10.4 Å². The van der Waals surface area contributed by atoms with Gasteiger partial charge < -0.3 is 4.52 Å². The van der Waals surface area contributed by atoms with E-state index in [0.29, 0.717) is 0 Å². The largest absolute Gasteiger partial charge is 0.345 e. The predicted octanol–water partition coefficient (Wildman–Crippen LogP) is 1.11. The number of halogens is 2. The molecule has 1 rings (SSSR count). The molecule has 1 aromatic rings. The maximum Gasteiger partial charge on any atom is 0.245 e. The molecule has 1 atom stereocenters. The summed E-state index contributed by atoms with van der Waals surface area (Å²) in [4.78, 5) is 10.4. The van der Waals surface area contributed by atoms with Gasteiger partial charge in [-0.3, -0.25) is 4.79 Å². The molecule has 0 N–H and O–H groups in total. The van der Waals surface area contributed by atoms with E-state index in [1.165, 1.54) is 0 Å². The van der Waals surface area contributed by atoms with Crippen LogP contribution in [-0.2, 0) is 4.79 Å². The van der Waals surface area contributed by atoms with Crippen molar-refractivity contribution in [2.75, 3.05) is 0 Å². The second kappa shape index (κ2) is 2.98. The molecule has 4 nitrogen and oxygen atoms in total. The molecule has 0 radical (unpaired) electrons. The summed E-state index contributed by atoms with van der Waals surface area (Å²) < 4.78 is 4.33. The summed E-state index contributed by atoms with van der Waals surface area (Å²) in [5.74, 6) is 0. The zero-order valence-electron chi connectivity index (χ0n) is 4.62. The number of carbonyl (C=O) groups is 1. The number of alkyl halides is 1. The topological polar surface area (TPSA) is 56.0 Å². The first-order valence-corrected chi connectivity index (χ1v) is 3.13. The number of carbonyl (C=O) groups excluding carboxylic acids is 1. The van der Waals surface area contributed by atoms with Gasteiger partial charge in [0.15, 0.2) is 5.38 Å². The second-order valence-corrected chi connectivity index (χ2v) is 2.31. The van der Waals surface area contributed by atoms with E-state index in [1.807, 2.05) is 0 Å². The van der Waals surface area contributed by atoms with Gasteiger partial charge in [0, 0.05) is 5.27 Å². The molecule has 6 heteroatoms. The Hall–Kier alpha value is -0.610. The first kappa shape index (κ1) is 7.50. The average Bonchev–Trinajstić information content (AvgIpc) is 2.36. The highest BCUT2D eigenvalue weighted by Gasteiger charge is 2.18. The third-order valence-electron chi connectivity index (χ3n) is 0.836. The lowest BCUT2D eigenvalue weighted by Crippen LogP contribution is -1.98.